The molecule has 6 nitrogen and oxygen atoms in total. The number of hydrogen-bond acceptors (Lipinski definition) is 4. The number of ether oxygens (including phenoxy) is 1. The van der Waals surface area contributed by atoms with E-state index in [4.69, 9.17) is 9.84 Å². The van der Waals surface area contributed by atoms with Gasteiger partial charge in [-0.25, -0.2) is 4.39 Å². The van der Waals surface area contributed by atoms with Crippen molar-refractivity contribution in [2.45, 2.75) is 12.6 Å². The number of morpholine rings is 1. The molecule has 0 spiro atoms. The molecule has 1 N–H and O–H groups in total. The van der Waals surface area contributed by atoms with Gasteiger partial charge in [0.1, 0.15) is 11.5 Å². The summed E-state index contributed by atoms with van der Waals surface area (Å²) >= 11 is 0. The van der Waals surface area contributed by atoms with Crippen molar-refractivity contribution in [2.75, 3.05) is 32.8 Å². The molecule has 184 valence electrons. The van der Waals surface area contributed by atoms with Crippen molar-refractivity contribution >= 4 is 5.91 Å². The Labute approximate surface area is 210 Å². The molecule has 4 aromatic rings. The van der Waals surface area contributed by atoms with Gasteiger partial charge in [-0.3, -0.25) is 14.4 Å². The second kappa shape index (κ2) is 11.3. The number of hydrogen-bond donors (Lipinski definition) is 1. The van der Waals surface area contributed by atoms with Crippen LogP contribution in [0.4, 0.5) is 4.39 Å². The zero-order chi connectivity index (χ0) is 24.7. The van der Waals surface area contributed by atoms with Gasteiger partial charge in [-0.15, -0.1) is 0 Å². The Bertz CT molecular complexity index is 1270. The van der Waals surface area contributed by atoms with Gasteiger partial charge in [0.2, 0.25) is 0 Å². The van der Waals surface area contributed by atoms with Crippen molar-refractivity contribution in [1.82, 2.24) is 20.0 Å². The van der Waals surface area contributed by atoms with Crippen LogP contribution in [-0.2, 0) is 11.3 Å². The van der Waals surface area contributed by atoms with Gasteiger partial charge in [-0.1, -0.05) is 72.8 Å². The summed E-state index contributed by atoms with van der Waals surface area (Å²) in [6.07, 6.45) is 1.81. The fourth-order valence-corrected chi connectivity index (χ4v) is 4.56. The lowest BCUT2D eigenvalue weighted by Gasteiger charge is -2.35. The number of aromatic nitrogens is 2. The largest absolute Gasteiger partial charge is 0.379 e. The van der Waals surface area contributed by atoms with Crippen molar-refractivity contribution in [3.8, 4) is 11.3 Å². The molecule has 0 bridgehead atoms. The summed E-state index contributed by atoms with van der Waals surface area (Å²) in [5.41, 5.74) is 4.13. The summed E-state index contributed by atoms with van der Waals surface area (Å²) in [5, 5.41) is 7.90. The molecule has 0 unspecified atom stereocenters. The Morgan fingerprint density at radius 2 is 1.61 bits per heavy atom. The van der Waals surface area contributed by atoms with Crippen LogP contribution in [-0.4, -0.2) is 53.4 Å². The maximum Gasteiger partial charge on any atom is 0.255 e. The van der Waals surface area contributed by atoms with Crippen molar-refractivity contribution in [2.24, 2.45) is 0 Å². The molecule has 5 rings (SSSR count). The molecular weight excluding hydrogens is 455 g/mol. The number of benzene rings is 3. The number of carbonyl (C=O) groups excluding carboxylic acids is 1. The van der Waals surface area contributed by atoms with E-state index < -0.39 is 0 Å². The van der Waals surface area contributed by atoms with E-state index in [0.29, 0.717) is 37.6 Å². The van der Waals surface area contributed by atoms with Crippen LogP contribution >= 0.6 is 0 Å². The summed E-state index contributed by atoms with van der Waals surface area (Å²) in [6, 6.07) is 26.2. The van der Waals surface area contributed by atoms with Crippen molar-refractivity contribution < 1.29 is 13.9 Å². The van der Waals surface area contributed by atoms with Crippen LogP contribution in [0, 0.1) is 5.82 Å². The molecule has 1 fully saturated rings. The number of rotatable bonds is 8. The summed E-state index contributed by atoms with van der Waals surface area (Å²) < 4.78 is 20.9. The van der Waals surface area contributed by atoms with Crippen LogP contribution in [0.1, 0.15) is 27.5 Å². The molecule has 0 aliphatic carbocycles. The number of nitrogens with one attached hydrogen (secondary N) is 1. The van der Waals surface area contributed by atoms with E-state index in [9.17, 15) is 9.18 Å². The highest BCUT2D eigenvalue weighted by molar-refractivity contribution is 5.99. The van der Waals surface area contributed by atoms with Crippen molar-refractivity contribution in [3.05, 3.63) is 114 Å². The average molecular weight is 485 g/mol. The Hall–Kier alpha value is -3.81. The van der Waals surface area contributed by atoms with E-state index in [-0.39, 0.29) is 17.8 Å². The van der Waals surface area contributed by atoms with E-state index in [1.54, 1.807) is 12.1 Å². The van der Waals surface area contributed by atoms with E-state index in [1.165, 1.54) is 12.1 Å². The topological polar surface area (TPSA) is 59.4 Å². The van der Waals surface area contributed by atoms with Crippen LogP contribution in [0.25, 0.3) is 11.3 Å². The number of halogens is 1. The highest BCUT2D eigenvalue weighted by Crippen LogP contribution is 2.24. The predicted octanol–water partition coefficient (Wildman–Crippen LogP) is 4.54. The molecule has 1 amide bonds. The second-order valence-corrected chi connectivity index (χ2v) is 8.87. The summed E-state index contributed by atoms with van der Waals surface area (Å²) in [7, 11) is 0. The van der Waals surface area contributed by atoms with Gasteiger partial charge >= 0.3 is 0 Å². The van der Waals surface area contributed by atoms with Crippen molar-refractivity contribution in [1.29, 1.82) is 0 Å². The molecule has 7 heteroatoms. The quantitative estimate of drug-likeness (QED) is 0.399. The summed E-state index contributed by atoms with van der Waals surface area (Å²) in [4.78, 5) is 15.8. The third-order valence-electron chi connectivity index (χ3n) is 6.44. The van der Waals surface area contributed by atoms with Gasteiger partial charge in [0.25, 0.3) is 5.91 Å². The normalized spacial score (nSPS) is 14.9. The molecule has 2 heterocycles. The van der Waals surface area contributed by atoms with Crippen LogP contribution in [0.5, 0.6) is 0 Å². The van der Waals surface area contributed by atoms with Crippen LogP contribution < -0.4 is 5.32 Å². The number of nitrogens with zero attached hydrogens (tertiary/aromatic N) is 3. The molecule has 3 aromatic carbocycles. The molecule has 1 aromatic heterocycles. The average Bonchev–Trinajstić information content (AvgIpc) is 3.35. The zero-order valence-electron chi connectivity index (χ0n) is 20.0. The van der Waals surface area contributed by atoms with Gasteiger partial charge in [-0.05, 0) is 23.3 Å². The predicted molar refractivity (Wildman–Crippen MR) is 137 cm³/mol. The first-order chi connectivity index (χ1) is 17.7. The highest BCUT2D eigenvalue weighted by atomic mass is 19.1. The van der Waals surface area contributed by atoms with E-state index >= 15 is 0 Å². The van der Waals surface area contributed by atoms with Crippen molar-refractivity contribution in [3.63, 3.8) is 0 Å². The summed E-state index contributed by atoms with van der Waals surface area (Å²) in [5.74, 6) is -0.463. The maximum atomic E-state index is 13.6. The van der Waals surface area contributed by atoms with E-state index in [1.807, 2.05) is 71.5 Å². The lowest BCUT2D eigenvalue weighted by Crippen LogP contribution is -2.43. The zero-order valence-corrected chi connectivity index (χ0v) is 20.0. The fraction of sp³-hybridized carbons (Fsp3) is 0.241. The van der Waals surface area contributed by atoms with Gasteiger partial charge < -0.3 is 10.1 Å². The first kappa shape index (κ1) is 23.9. The minimum Gasteiger partial charge on any atom is -0.379 e. The van der Waals surface area contributed by atoms with Gasteiger partial charge in [-0.2, -0.15) is 5.10 Å². The van der Waals surface area contributed by atoms with Gasteiger partial charge in [0.15, 0.2) is 0 Å². The maximum absolute atomic E-state index is 13.6. The molecule has 1 atom stereocenters. The van der Waals surface area contributed by atoms with Crippen LogP contribution in [0.15, 0.2) is 91.1 Å². The molecule has 0 radical (unpaired) electrons. The third kappa shape index (κ3) is 5.70. The molecule has 36 heavy (non-hydrogen) atoms. The number of carbonyl (C=O) groups is 1. The fourth-order valence-electron chi connectivity index (χ4n) is 4.56. The molecule has 1 aliphatic heterocycles. The standard InChI is InChI=1S/C29H29FN4O2/c30-25-13-11-23(12-14-25)27(33-15-17-36-18-16-33)19-31-29(35)26-21-34(20-22-7-3-1-4-8-22)32-28(26)24-9-5-2-6-10-24/h1-14,21,27H,15-20H2,(H,31,35)/t27-/m0/s1. The van der Waals surface area contributed by atoms with Gasteiger partial charge in [0, 0.05) is 31.4 Å². The lowest BCUT2D eigenvalue weighted by atomic mass is 10.0. The minimum atomic E-state index is -0.276. The van der Waals surface area contributed by atoms with Crippen LogP contribution in [0.3, 0.4) is 0 Å². The van der Waals surface area contributed by atoms with Crippen LogP contribution in [0.2, 0.25) is 0 Å². The minimum absolute atomic E-state index is 0.0852. The molecule has 0 saturated carbocycles. The smallest absolute Gasteiger partial charge is 0.255 e. The van der Waals surface area contributed by atoms with E-state index in [2.05, 4.69) is 10.2 Å². The Kier molecular flexibility index (Phi) is 7.50. The molecular formula is C29H29FN4O2. The van der Waals surface area contributed by atoms with E-state index in [0.717, 1.165) is 29.8 Å². The Morgan fingerprint density at radius 3 is 2.31 bits per heavy atom. The Balaban J connectivity index is 1.39. The summed E-state index contributed by atoms with van der Waals surface area (Å²) in [6.45, 7) is 3.74. The highest BCUT2D eigenvalue weighted by Gasteiger charge is 2.25. The molecule has 1 saturated heterocycles. The first-order valence-corrected chi connectivity index (χ1v) is 12.2. The Morgan fingerprint density at radius 1 is 0.944 bits per heavy atom. The lowest BCUT2D eigenvalue weighted by molar-refractivity contribution is 0.0162. The monoisotopic (exact) mass is 484 g/mol. The first-order valence-electron chi connectivity index (χ1n) is 12.2. The SMILES string of the molecule is O=C(NC[C@@H](c1ccc(F)cc1)N1CCOCC1)c1cn(Cc2ccccc2)nc1-c1ccccc1. The van der Waals surface area contributed by atoms with Gasteiger partial charge in [0.05, 0.1) is 31.4 Å². The third-order valence-corrected chi connectivity index (χ3v) is 6.44. The molecule has 1 aliphatic rings. The second-order valence-electron chi connectivity index (χ2n) is 8.87. The number of amides is 1.